The predicted octanol–water partition coefficient (Wildman–Crippen LogP) is 16.2. The SMILES string of the molecule is [2H]c1c([2H])c([2H])c(-c2cnc(-n3c4[c-]c(Oc5[c-]c(N6[CH-]N(c7cc(C(C)(C)C)cc(C(C)(C)C)c7)c7cc(-c8ccccc8)ccc76)ccc5)ccc4c4ccccc43)cc2C(C)(C)C)c([2H])c1[2H].[Pt]. The van der Waals surface area contributed by atoms with Crippen molar-refractivity contribution >= 4 is 44.6 Å². The van der Waals surface area contributed by atoms with Gasteiger partial charge in [0, 0.05) is 66.9 Å². The Labute approximate surface area is 412 Å². The van der Waals surface area contributed by atoms with Crippen LogP contribution in [0.2, 0.25) is 0 Å². The summed E-state index contributed by atoms with van der Waals surface area (Å²) in [5.41, 5.74) is 11.2. The molecular formula is C60H55N4OPt-3. The molecule has 7 aromatic carbocycles. The smallest absolute Gasteiger partial charge is 0.135 e. The van der Waals surface area contributed by atoms with Gasteiger partial charge in [0.2, 0.25) is 0 Å². The number of aromatic nitrogens is 2. The Kier molecular flexibility index (Phi) is 10.1. The predicted molar refractivity (Wildman–Crippen MR) is 271 cm³/mol. The van der Waals surface area contributed by atoms with Crippen molar-refractivity contribution in [2.75, 3.05) is 9.80 Å². The third-order valence-electron chi connectivity index (χ3n) is 12.2. The van der Waals surface area contributed by atoms with Crippen LogP contribution in [0.25, 0.3) is 49.9 Å². The topological polar surface area (TPSA) is 33.5 Å². The third-order valence-corrected chi connectivity index (χ3v) is 12.2. The quantitative estimate of drug-likeness (QED) is 0.149. The molecular weight excluding hydrogens is 988 g/mol. The van der Waals surface area contributed by atoms with Crippen molar-refractivity contribution < 1.29 is 32.7 Å². The molecule has 0 saturated heterocycles. The molecule has 1 aliphatic rings. The van der Waals surface area contributed by atoms with E-state index in [9.17, 15) is 0 Å². The minimum atomic E-state index is -0.492. The van der Waals surface area contributed by atoms with Gasteiger partial charge in [0.05, 0.1) is 6.85 Å². The van der Waals surface area contributed by atoms with Gasteiger partial charge in [-0.3, -0.25) is 0 Å². The van der Waals surface area contributed by atoms with Crippen molar-refractivity contribution in [2.24, 2.45) is 0 Å². The second-order valence-corrected chi connectivity index (χ2v) is 20.0. The van der Waals surface area contributed by atoms with Crippen molar-refractivity contribution in [1.29, 1.82) is 0 Å². The summed E-state index contributed by atoms with van der Waals surface area (Å²) >= 11 is 0. The van der Waals surface area contributed by atoms with Crippen LogP contribution in [0.5, 0.6) is 11.5 Å². The van der Waals surface area contributed by atoms with E-state index in [1.54, 1.807) is 6.20 Å². The number of hydrogen-bond acceptors (Lipinski definition) is 4. The standard InChI is InChI=1S/C60H55N4O.Pt/c1-58(2,3)43-32-44(59(4,5)6)34-46(33-43)63-39-62(54-30-27-42(31-56(54)63)40-19-12-10-13-20-40)45-23-18-24-47(35-45)65-48-28-29-50-49-25-16-17-26-53(49)64(55(50)36-48)57-37-52(60(7,8)9)51(38-61-57)41-21-14-11-15-22-41;/h10-34,37-39H,1-9H3;/q-3;/i11D,14D,15D,21D,22D;. The first kappa shape index (κ1) is 38.8. The Bertz CT molecular complexity index is 3470. The zero-order chi connectivity index (χ0) is 49.6. The molecule has 0 amide bonds. The molecule has 0 spiro atoms. The average molecular weight is 1050 g/mol. The molecule has 0 radical (unpaired) electrons. The van der Waals surface area contributed by atoms with Crippen LogP contribution in [0.4, 0.5) is 22.7 Å². The Morgan fingerprint density at radius 1 is 0.576 bits per heavy atom. The van der Waals surface area contributed by atoms with E-state index in [0.29, 0.717) is 22.9 Å². The fraction of sp³-hybridized carbons (Fsp3) is 0.200. The number of pyridine rings is 1. The van der Waals surface area contributed by atoms with Crippen molar-refractivity contribution in [3.05, 3.63) is 199 Å². The molecule has 9 aromatic rings. The molecule has 0 saturated carbocycles. The molecule has 3 heterocycles. The Morgan fingerprint density at radius 2 is 1.27 bits per heavy atom. The molecule has 0 atom stereocenters. The normalized spacial score (nSPS) is 14.0. The van der Waals surface area contributed by atoms with Gasteiger partial charge in [-0.1, -0.05) is 159 Å². The van der Waals surface area contributed by atoms with E-state index in [-0.39, 0.29) is 61.6 Å². The molecule has 0 bridgehead atoms. The largest absolute Gasteiger partial charge is 0.509 e. The number of ether oxygens (including phenoxy) is 1. The Hall–Kier alpha value is -6.42. The number of rotatable bonds is 7. The van der Waals surface area contributed by atoms with Crippen LogP contribution in [0.3, 0.4) is 0 Å². The van der Waals surface area contributed by atoms with Gasteiger partial charge < -0.3 is 19.1 Å². The van der Waals surface area contributed by atoms with Crippen LogP contribution < -0.4 is 14.5 Å². The number of hydrogen-bond donors (Lipinski definition) is 0. The molecule has 5 nitrogen and oxygen atoms in total. The number of anilines is 4. The maximum absolute atomic E-state index is 8.79. The summed E-state index contributed by atoms with van der Waals surface area (Å²) in [6.45, 7) is 21.9. The van der Waals surface area contributed by atoms with E-state index in [4.69, 9.17) is 16.6 Å². The first-order chi connectivity index (χ1) is 33.2. The van der Waals surface area contributed by atoms with E-state index < -0.39 is 11.5 Å². The fourth-order valence-electron chi connectivity index (χ4n) is 8.68. The van der Waals surface area contributed by atoms with Crippen molar-refractivity contribution in [3.8, 4) is 39.6 Å². The molecule has 1 aliphatic heterocycles. The van der Waals surface area contributed by atoms with Gasteiger partial charge in [0.15, 0.2) is 0 Å². The second-order valence-electron chi connectivity index (χ2n) is 20.0. The molecule has 10 rings (SSSR count). The van der Waals surface area contributed by atoms with E-state index in [2.05, 4.69) is 137 Å². The molecule has 2 aromatic heterocycles. The maximum Gasteiger partial charge on any atom is 0.135 e. The molecule has 0 fully saturated rings. The Balaban J connectivity index is 0.00000624. The second kappa shape index (κ2) is 17.1. The molecule has 0 unspecified atom stereocenters. The van der Waals surface area contributed by atoms with Gasteiger partial charge in [0.25, 0.3) is 0 Å². The molecule has 6 heteroatoms. The molecule has 66 heavy (non-hydrogen) atoms. The van der Waals surface area contributed by atoms with Crippen molar-refractivity contribution in [3.63, 3.8) is 0 Å². The summed E-state index contributed by atoms with van der Waals surface area (Å²) in [4.78, 5) is 9.43. The minimum absolute atomic E-state index is 0. The van der Waals surface area contributed by atoms with E-state index in [1.807, 2.05) is 86.0 Å². The van der Waals surface area contributed by atoms with Gasteiger partial charge >= 0.3 is 0 Å². The summed E-state index contributed by atoms with van der Waals surface area (Å²) in [5.74, 6) is 1.61. The number of para-hydroxylation sites is 1. The average Bonchev–Trinajstić information content (AvgIpc) is 3.88. The zero-order valence-corrected chi connectivity index (χ0v) is 41.1. The minimum Gasteiger partial charge on any atom is -0.509 e. The van der Waals surface area contributed by atoms with Gasteiger partial charge in [-0.05, 0) is 91.4 Å². The molecule has 334 valence electrons. The van der Waals surface area contributed by atoms with Crippen LogP contribution in [0.15, 0.2) is 164 Å². The summed E-state index contributed by atoms with van der Waals surface area (Å²) in [6.07, 6.45) is 1.63. The van der Waals surface area contributed by atoms with Gasteiger partial charge in [0.1, 0.15) is 5.82 Å². The van der Waals surface area contributed by atoms with Crippen molar-refractivity contribution in [2.45, 2.75) is 78.6 Å². The van der Waals surface area contributed by atoms with Gasteiger partial charge in [-0.25, -0.2) is 4.98 Å². The molecule has 0 aliphatic carbocycles. The fourth-order valence-corrected chi connectivity index (χ4v) is 8.68. The van der Waals surface area contributed by atoms with Gasteiger partial charge in [-0.2, -0.15) is 12.1 Å². The van der Waals surface area contributed by atoms with Crippen LogP contribution in [0, 0.1) is 18.8 Å². The van der Waals surface area contributed by atoms with Crippen LogP contribution in [0.1, 0.15) is 85.9 Å². The van der Waals surface area contributed by atoms with Crippen LogP contribution in [-0.2, 0) is 37.3 Å². The third kappa shape index (κ3) is 8.46. The van der Waals surface area contributed by atoms with Crippen molar-refractivity contribution in [1.82, 2.24) is 9.55 Å². The summed E-state index contributed by atoms with van der Waals surface area (Å²) in [6, 6.07) is 49.5. The summed E-state index contributed by atoms with van der Waals surface area (Å²) in [5, 5.41) is 1.96. The summed E-state index contributed by atoms with van der Waals surface area (Å²) in [7, 11) is 0. The number of fused-ring (bicyclic) bond motifs is 4. The van der Waals surface area contributed by atoms with E-state index in [1.165, 1.54) is 11.1 Å². The number of benzene rings is 7. The monoisotopic (exact) mass is 1050 g/mol. The zero-order valence-electron chi connectivity index (χ0n) is 43.8. The van der Waals surface area contributed by atoms with E-state index in [0.717, 1.165) is 61.2 Å². The first-order valence-corrected chi connectivity index (χ1v) is 22.2. The van der Waals surface area contributed by atoms with Crippen LogP contribution in [-0.4, -0.2) is 9.55 Å². The first-order valence-electron chi connectivity index (χ1n) is 24.7. The van der Waals surface area contributed by atoms with Gasteiger partial charge in [-0.15, -0.1) is 48.1 Å². The number of nitrogens with zero attached hydrogens (tertiary/aromatic N) is 4. The summed E-state index contributed by atoms with van der Waals surface area (Å²) < 4.78 is 51.3. The van der Waals surface area contributed by atoms with Crippen LogP contribution >= 0.6 is 0 Å². The maximum atomic E-state index is 8.79. The molecule has 0 N–H and O–H groups in total. The van der Waals surface area contributed by atoms with E-state index >= 15 is 0 Å². The Morgan fingerprint density at radius 3 is 1.98 bits per heavy atom.